The van der Waals surface area contributed by atoms with Crippen LogP contribution >= 0.6 is 11.3 Å². The van der Waals surface area contributed by atoms with E-state index >= 15 is 0 Å². The summed E-state index contributed by atoms with van der Waals surface area (Å²) in [5, 5.41) is 4.63. The number of pyridine rings is 1. The topological polar surface area (TPSA) is 30.7 Å². The van der Waals surface area contributed by atoms with Gasteiger partial charge in [0.25, 0.3) is 0 Å². The van der Waals surface area contributed by atoms with Gasteiger partial charge in [-0.25, -0.2) is 0 Å². The fourth-order valence-corrected chi connectivity index (χ4v) is 6.33. The Bertz CT molecular complexity index is 2380. The van der Waals surface area contributed by atoms with Gasteiger partial charge in [0.15, 0.2) is 0 Å². The fraction of sp³-hybridized carbons (Fsp3) is 0.0952. The van der Waals surface area contributed by atoms with E-state index in [-0.39, 0.29) is 25.7 Å². The molecule has 0 bridgehead atoms. The second kappa shape index (κ2) is 14.4. The summed E-state index contributed by atoms with van der Waals surface area (Å²) in [4.78, 5) is 9.16. The minimum atomic E-state index is -2.09. The molecule has 0 N–H and O–H groups in total. The zero-order valence-corrected chi connectivity index (χ0v) is 29.1. The minimum Gasteiger partial charge on any atom is -0.333 e. The first-order chi connectivity index (χ1) is 24.1. The Hall–Kier alpha value is -4.67. The molecule has 0 aliphatic heterocycles. The van der Waals surface area contributed by atoms with Crippen LogP contribution in [0.5, 0.6) is 0 Å². The van der Waals surface area contributed by atoms with E-state index < -0.39 is 12.7 Å². The maximum Gasteiger partial charge on any atom is 0.0774 e. The Labute approximate surface area is 299 Å². The van der Waals surface area contributed by atoms with E-state index in [1.54, 1.807) is 29.5 Å². The third-order valence-electron chi connectivity index (χ3n) is 7.86. The van der Waals surface area contributed by atoms with Crippen molar-refractivity contribution in [1.82, 2.24) is 14.5 Å². The number of hydrogen-bond acceptors (Lipinski definition) is 3. The summed E-state index contributed by atoms with van der Waals surface area (Å²) < 4.78 is 33.5. The Balaban J connectivity index is 0.000000222. The van der Waals surface area contributed by atoms with Gasteiger partial charge in [-0.05, 0) is 59.4 Å². The molecule has 0 fully saturated rings. The summed E-state index contributed by atoms with van der Waals surface area (Å²) in [6.45, 7) is 1.75. The number of fused-ring (bicyclic) bond motifs is 2. The number of benzene rings is 5. The molecule has 3 nitrogen and oxygen atoms in total. The van der Waals surface area contributed by atoms with Crippen molar-refractivity contribution in [2.45, 2.75) is 26.6 Å². The molecule has 0 saturated heterocycles. The standard InChI is InChI=1S/C30H23N2S.C12H10N.Ir/c1-20(2)23-14-17-25-26(19-33-29(25)18-23)30-31-27-10-6-7-11-28(27)32(30)24-15-12-22(13-16-24)21-8-4-3-5-9-21;1-10-7-8-12(13-9-10)11-5-3-2-4-6-11;/h3-18,20H,1-2H3;2-5,7-9H,1H3;/q2*-1;/i20D;1D3;. The summed E-state index contributed by atoms with van der Waals surface area (Å²) in [6.07, 6.45) is 1.39. The number of thiophene rings is 1. The number of nitrogens with zero attached hydrogens (tertiary/aromatic N) is 3. The van der Waals surface area contributed by atoms with E-state index in [0.717, 1.165) is 55.0 Å². The predicted octanol–water partition coefficient (Wildman–Crippen LogP) is 11.4. The molecule has 8 rings (SSSR count). The minimum absolute atomic E-state index is 0. The van der Waals surface area contributed by atoms with Crippen molar-refractivity contribution >= 4 is 32.5 Å². The maximum absolute atomic E-state index is 8.40. The van der Waals surface area contributed by atoms with E-state index in [1.807, 2.05) is 44.2 Å². The number of rotatable bonds is 5. The van der Waals surface area contributed by atoms with E-state index in [9.17, 15) is 0 Å². The summed E-state index contributed by atoms with van der Waals surface area (Å²) in [5.41, 5.74) is 9.34. The molecule has 0 saturated carbocycles. The number of aryl methyl sites for hydroxylation is 1. The zero-order valence-electron chi connectivity index (χ0n) is 29.9. The predicted molar refractivity (Wildman–Crippen MR) is 193 cm³/mol. The first-order valence-electron chi connectivity index (χ1n) is 17.1. The van der Waals surface area contributed by atoms with Crippen molar-refractivity contribution in [3.05, 3.63) is 162 Å². The van der Waals surface area contributed by atoms with Gasteiger partial charge < -0.3 is 9.55 Å². The van der Waals surface area contributed by atoms with Gasteiger partial charge in [-0.1, -0.05) is 114 Å². The molecule has 47 heavy (non-hydrogen) atoms. The quantitative estimate of drug-likeness (QED) is 0.162. The van der Waals surface area contributed by atoms with Gasteiger partial charge in [0.2, 0.25) is 0 Å². The average Bonchev–Trinajstić information content (AvgIpc) is 3.73. The van der Waals surface area contributed by atoms with Crippen molar-refractivity contribution in [2.24, 2.45) is 0 Å². The fourth-order valence-electron chi connectivity index (χ4n) is 5.45. The van der Waals surface area contributed by atoms with Gasteiger partial charge in [0.05, 0.1) is 16.9 Å². The van der Waals surface area contributed by atoms with E-state index in [1.165, 1.54) is 17.3 Å². The summed E-state index contributed by atoms with van der Waals surface area (Å²) in [6, 6.07) is 47.4. The van der Waals surface area contributed by atoms with Crippen LogP contribution in [0.4, 0.5) is 0 Å². The Morgan fingerprint density at radius 3 is 2.30 bits per heavy atom. The van der Waals surface area contributed by atoms with E-state index in [2.05, 4.69) is 106 Å². The van der Waals surface area contributed by atoms with Crippen LogP contribution in [0.25, 0.3) is 60.6 Å². The summed E-state index contributed by atoms with van der Waals surface area (Å²) in [7, 11) is 0. The van der Waals surface area contributed by atoms with Crippen molar-refractivity contribution < 1.29 is 25.6 Å². The van der Waals surface area contributed by atoms with Crippen LogP contribution in [0.3, 0.4) is 0 Å². The maximum atomic E-state index is 8.40. The Morgan fingerprint density at radius 2 is 1.57 bits per heavy atom. The number of hydrogen-bond donors (Lipinski definition) is 0. The van der Waals surface area contributed by atoms with Crippen molar-refractivity contribution in [3.8, 4) is 39.5 Å². The molecule has 0 amide bonds. The van der Waals surface area contributed by atoms with Crippen LogP contribution in [0.2, 0.25) is 0 Å². The molecule has 3 aromatic heterocycles. The van der Waals surface area contributed by atoms with Crippen LogP contribution in [0.1, 0.15) is 36.4 Å². The molecule has 0 aliphatic rings. The first kappa shape index (κ1) is 27.4. The van der Waals surface area contributed by atoms with E-state index in [0.29, 0.717) is 0 Å². The molecule has 5 heteroatoms. The second-order valence-electron chi connectivity index (χ2n) is 11.2. The van der Waals surface area contributed by atoms with Gasteiger partial charge in [0, 0.05) is 37.5 Å². The van der Waals surface area contributed by atoms with Gasteiger partial charge >= 0.3 is 0 Å². The van der Waals surface area contributed by atoms with Crippen molar-refractivity contribution in [1.29, 1.82) is 0 Å². The smallest absolute Gasteiger partial charge is 0.0774 e. The van der Waals surface area contributed by atoms with Gasteiger partial charge in [-0.3, -0.25) is 16.3 Å². The first-order valence-corrected chi connectivity index (χ1v) is 15.9. The van der Waals surface area contributed by atoms with Crippen LogP contribution < -0.4 is 0 Å². The normalized spacial score (nSPS) is 12.6. The SMILES string of the molecule is [2H]C(C)(C)c1ccc2c(-c3nc4ccccc4n3-c3ccc(-c4ccccc4)cc3)[c-]sc2c1.[2H]C([2H])([2H])c1ccc(-c2[c-]cccc2)nc1.[Ir]. The van der Waals surface area contributed by atoms with Gasteiger partial charge in [-0.2, -0.15) is 0 Å². The molecule has 0 atom stereocenters. The number of para-hydroxylation sites is 2. The molecule has 3 heterocycles. The van der Waals surface area contributed by atoms with Crippen LogP contribution in [-0.2, 0) is 20.1 Å². The Morgan fingerprint density at radius 1 is 0.809 bits per heavy atom. The van der Waals surface area contributed by atoms with Crippen molar-refractivity contribution in [2.75, 3.05) is 0 Å². The number of aromatic nitrogens is 3. The molecule has 1 radical (unpaired) electrons. The van der Waals surface area contributed by atoms with Gasteiger partial charge in [-0.15, -0.1) is 47.3 Å². The third kappa shape index (κ3) is 6.89. The van der Waals surface area contributed by atoms with Crippen LogP contribution in [0.15, 0.2) is 140 Å². The van der Waals surface area contributed by atoms with Crippen LogP contribution in [-0.4, -0.2) is 14.5 Å². The molecular weight excluding hydrogens is 771 g/mol. The molecular formula is C42H33IrN3S-2. The summed E-state index contributed by atoms with van der Waals surface area (Å²) in [5.74, 6) is 0.254. The van der Waals surface area contributed by atoms with Gasteiger partial charge in [0.1, 0.15) is 0 Å². The molecule has 8 aromatic rings. The molecule has 0 spiro atoms. The second-order valence-corrected chi connectivity index (χ2v) is 12.0. The zero-order chi connectivity index (χ0) is 34.9. The monoisotopic (exact) mass is 808 g/mol. The molecule has 0 unspecified atom stereocenters. The summed E-state index contributed by atoms with van der Waals surface area (Å²) >= 11 is 1.59. The largest absolute Gasteiger partial charge is 0.333 e. The molecule has 0 aliphatic carbocycles. The van der Waals surface area contributed by atoms with Crippen LogP contribution in [0, 0.1) is 18.3 Å². The molecule has 233 valence electrons. The van der Waals surface area contributed by atoms with E-state index in [4.69, 9.17) is 10.5 Å². The number of imidazole rings is 1. The Kier molecular flexibility index (Phi) is 8.41. The van der Waals surface area contributed by atoms with Crippen molar-refractivity contribution in [3.63, 3.8) is 0 Å². The third-order valence-corrected chi connectivity index (χ3v) is 8.72. The molecule has 5 aromatic carbocycles. The average molecular weight is 808 g/mol.